The van der Waals surface area contributed by atoms with Gasteiger partial charge in [0, 0.05) is 19.0 Å². The van der Waals surface area contributed by atoms with Crippen molar-refractivity contribution in [2.45, 2.75) is 44.8 Å². The SMILES string of the molecule is Cc1ccc(S(=O)(=O)N2CCC=C3C(=C([Si](C)(C)C)C(=O)[C@@H]3C)C2)cc1. The van der Waals surface area contributed by atoms with Gasteiger partial charge in [0.05, 0.1) is 13.0 Å². The van der Waals surface area contributed by atoms with Crippen LogP contribution in [0.4, 0.5) is 0 Å². The first-order chi connectivity index (χ1) is 12.0. The zero-order valence-electron chi connectivity index (χ0n) is 16.2. The van der Waals surface area contributed by atoms with Crippen LogP contribution >= 0.6 is 0 Å². The van der Waals surface area contributed by atoms with Crippen LogP contribution in [0.25, 0.3) is 0 Å². The Morgan fingerprint density at radius 1 is 1.12 bits per heavy atom. The standard InChI is InChI=1S/C20H27NO3SSi/c1-14-8-10-16(11-9-14)25(23,24)21-12-6-7-17-15(2)19(22)20(18(17)13-21)26(3,4)5/h7-11,15H,6,12-13H2,1-5H3/t15-/m1/s1. The molecule has 6 heteroatoms. The molecule has 4 nitrogen and oxygen atoms in total. The number of ketones is 1. The third kappa shape index (κ3) is 3.26. The van der Waals surface area contributed by atoms with Crippen LogP contribution in [0.15, 0.2) is 51.6 Å². The number of sulfonamides is 1. The van der Waals surface area contributed by atoms with Gasteiger partial charge in [-0.05, 0) is 41.8 Å². The Morgan fingerprint density at radius 3 is 2.31 bits per heavy atom. The predicted octanol–water partition coefficient (Wildman–Crippen LogP) is 3.71. The van der Waals surface area contributed by atoms with Gasteiger partial charge >= 0.3 is 0 Å². The minimum absolute atomic E-state index is 0.145. The summed E-state index contributed by atoms with van der Waals surface area (Å²) in [5.74, 6) is 0.0498. The zero-order chi connectivity index (χ0) is 19.3. The highest BCUT2D eigenvalue weighted by Gasteiger charge is 2.42. The number of hydrogen-bond acceptors (Lipinski definition) is 3. The molecule has 2 aliphatic rings. The minimum Gasteiger partial charge on any atom is -0.294 e. The van der Waals surface area contributed by atoms with E-state index >= 15 is 0 Å². The van der Waals surface area contributed by atoms with Crippen molar-refractivity contribution in [3.8, 4) is 0 Å². The lowest BCUT2D eigenvalue weighted by atomic mass is 9.99. The highest BCUT2D eigenvalue weighted by molar-refractivity contribution is 7.89. The summed E-state index contributed by atoms with van der Waals surface area (Å²) < 4.78 is 27.9. The molecule has 0 fully saturated rings. The van der Waals surface area contributed by atoms with Crippen LogP contribution in [0.2, 0.25) is 19.6 Å². The van der Waals surface area contributed by atoms with Gasteiger partial charge in [-0.15, -0.1) is 0 Å². The van der Waals surface area contributed by atoms with Crippen LogP contribution in [-0.4, -0.2) is 39.7 Å². The van der Waals surface area contributed by atoms with E-state index in [9.17, 15) is 13.2 Å². The van der Waals surface area contributed by atoms with Crippen molar-refractivity contribution in [3.63, 3.8) is 0 Å². The number of rotatable bonds is 3. The van der Waals surface area contributed by atoms with E-state index in [-0.39, 0.29) is 11.7 Å². The quantitative estimate of drug-likeness (QED) is 0.741. The molecule has 0 saturated heterocycles. The topological polar surface area (TPSA) is 54.5 Å². The molecule has 1 aliphatic carbocycles. The maximum Gasteiger partial charge on any atom is 0.243 e. The highest BCUT2D eigenvalue weighted by Crippen LogP contribution is 2.40. The van der Waals surface area contributed by atoms with Gasteiger partial charge < -0.3 is 0 Å². The number of aryl methyl sites for hydroxylation is 1. The highest BCUT2D eigenvalue weighted by atomic mass is 32.2. The summed E-state index contributed by atoms with van der Waals surface area (Å²) in [6.45, 7) is 11.1. The Bertz CT molecular complexity index is 905. The van der Waals surface area contributed by atoms with Crippen molar-refractivity contribution in [2.75, 3.05) is 13.1 Å². The molecule has 0 radical (unpaired) electrons. The van der Waals surface area contributed by atoms with Gasteiger partial charge in [0.1, 0.15) is 0 Å². The number of carbonyl (C=O) groups is 1. The van der Waals surface area contributed by atoms with Crippen LogP contribution in [0.1, 0.15) is 18.9 Å². The fourth-order valence-corrected chi connectivity index (χ4v) is 7.40. The van der Waals surface area contributed by atoms with E-state index in [1.54, 1.807) is 16.4 Å². The monoisotopic (exact) mass is 389 g/mol. The summed E-state index contributed by atoms with van der Waals surface area (Å²) in [7, 11) is -5.44. The van der Waals surface area contributed by atoms with Crippen molar-refractivity contribution < 1.29 is 13.2 Å². The molecule has 0 spiro atoms. The lowest BCUT2D eigenvalue weighted by Gasteiger charge is -2.24. The number of fused-ring (bicyclic) bond motifs is 1. The average Bonchev–Trinajstić information content (AvgIpc) is 2.70. The fraction of sp³-hybridized carbons (Fsp3) is 0.450. The van der Waals surface area contributed by atoms with Crippen LogP contribution in [0.3, 0.4) is 0 Å². The Balaban J connectivity index is 2.05. The van der Waals surface area contributed by atoms with E-state index in [1.165, 1.54) is 0 Å². The second kappa shape index (κ2) is 6.58. The lowest BCUT2D eigenvalue weighted by Crippen LogP contribution is -2.35. The Hall–Kier alpha value is -1.50. The number of benzene rings is 1. The van der Waals surface area contributed by atoms with Gasteiger partial charge in [-0.3, -0.25) is 4.79 Å². The molecule has 1 aliphatic heterocycles. The molecule has 0 bridgehead atoms. The minimum atomic E-state index is -3.57. The summed E-state index contributed by atoms with van der Waals surface area (Å²) in [4.78, 5) is 13.2. The van der Waals surface area contributed by atoms with Crippen molar-refractivity contribution in [2.24, 2.45) is 5.92 Å². The first kappa shape index (κ1) is 19.3. The largest absolute Gasteiger partial charge is 0.294 e. The molecule has 26 heavy (non-hydrogen) atoms. The summed E-state index contributed by atoms with van der Waals surface area (Å²) in [6, 6.07) is 6.98. The predicted molar refractivity (Wildman–Crippen MR) is 107 cm³/mol. The zero-order valence-corrected chi connectivity index (χ0v) is 18.0. The van der Waals surface area contributed by atoms with E-state index in [0.29, 0.717) is 24.4 Å². The van der Waals surface area contributed by atoms with E-state index in [2.05, 4.69) is 25.7 Å². The van der Waals surface area contributed by atoms with Gasteiger partial charge in [0.15, 0.2) is 5.78 Å². The number of allylic oxidation sites excluding steroid dienone is 1. The smallest absolute Gasteiger partial charge is 0.243 e. The van der Waals surface area contributed by atoms with Crippen LogP contribution in [-0.2, 0) is 14.8 Å². The van der Waals surface area contributed by atoms with Gasteiger partial charge in [0.25, 0.3) is 0 Å². The molecular weight excluding hydrogens is 362 g/mol. The maximum atomic E-state index is 13.2. The molecule has 0 N–H and O–H groups in total. The Kier molecular flexibility index (Phi) is 4.88. The third-order valence-corrected chi connectivity index (χ3v) is 9.15. The molecule has 0 unspecified atom stereocenters. The van der Waals surface area contributed by atoms with Gasteiger partial charge in [0.2, 0.25) is 10.0 Å². The Labute approximate surface area is 157 Å². The molecular formula is C20H27NO3SSi. The van der Waals surface area contributed by atoms with E-state index in [4.69, 9.17) is 0 Å². The Morgan fingerprint density at radius 2 is 1.73 bits per heavy atom. The van der Waals surface area contributed by atoms with Crippen LogP contribution in [0.5, 0.6) is 0 Å². The van der Waals surface area contributed by atoms with Gasteiger partial charge in [-0.1, -0.05) is 50.3 Å². The first-order valence-electron chi connectivity index (χ1n) is 9.08. The lowest BCUT2D eigenvalue weighted by molar-refractivity contribution is -0.116. The van der Waals surface area contributed by atoms with Gasteiger partial charge in [-0.25, -0.2) is 8.42 Å². The van der Waals surface area contributed by atoms with E-state index in [1.807, 2.05) is 26.0 Å². The fourth-order valence-electron chi connectivity index (χ4n) is 3.89. The molecule has 140 valence electrons. The number of carbonyl (C=O) groups excluding carboxylic acids is 1. The maximum absolute atomic E-state index is 13.2. The van der Waals surface area contributed by atoms with Crippen molar-refractivity contribution >= 4 is 23.9 Å². The molecule has 3 rings (SSSR count). The van der Waals surface area contributed by atoms with Crippen molar-refractivity contribution in [1.29, 1.82) is 0 Å². The summed E-state index contributed by atoms with van der Waals surface area (Å²) >= 11 is 0. The van der Waals surface area contributed by atoms with Gasteiger partial charge in [-0.2, -0.15) is 4.31 Å². The second-order valence-electron chi connectivity index (χ2n) is 8.29. The number of Topliss-reactive ketones (excluding diaryl/α,β-unsaturated/α-hetero) is 1. The molecule has 0 aromatic heterocycles. The number of nitrogens with zero attached hydrogens (tertiary/aromatic N) is 1. The van der Waals surface area contributed by atoms with E-state index in [0.717, 1.165) is 21.9 Å². The first-order valence-corrected chi connectivity index (χ1v) is 14.0. The molecule has 0 amide bonds. The second-order valence-corrected chi connectivity index (χ2v) is 15.2. The summed E-state index contributed by atoms with van der Waals surface area (Å²) in [5, 5.41) is 0.919. The molecule has 1 aromatic carbocycles. The average molecular weight is 390 g/mol. The normalized spacial score (nSPS) is 22.3. The number of hydrogen-bond donors (Lipinski definition) is 0. The third-order valence-electron chi connectivity index (χ3n) is 5.24. The van der Waals surface area contributed by atoms with Crippen molar-refractivity contribution in [1.82, 2.24) is 4.31 Å². The summed E-state index contributed by atoms with van der Waals surface area (Å²) in [5.41, 5.74) is 3.05. The van der Waals surface area contributed by atoms with Crippen LogP contribution < -0.4 is 0 Å². The van der Waals surface area contributed by atoms with Crippen molar-refractivity contribution in [3.05, 3.63) is 52.2 Å². The molecule has 1 atom stereocenters. The molecule has 1 aromatic rings. The molecule has 1 heterocycles. The van der Waals surface area contributed by atoms with Crippen LogP contribution in [0, 0.1) is 12.8 Å². The van der Waals surface area contributed by atoms with E-state index < -0.39 is 18.1 Å². The molecule has 0 saturated carbocycles. The summed E-state index contributed by atoms with van der Waals surface area (Å²) in [6.07, 6.45) is 2.72.